The van der Waals surface area contributed by atoms with E-state index in [2.05, 4.69) is 20.8 Å². The molecule has 0 bridgehead atoms. The van der Waals surface area contributed by atoms with Crippen LogP contribution in [0.4, 0.5) is 10.8 Å². The lowest BCUT2D eigenvalue weighted by atomic mass is 10.0. The van der Waals surface area contributed by atoms with Crippen LogP contribution in [0.1, 0.15) is 11.1 Å². The second-order valence-electron chi connectivity index (χ2n) is 7.04. The van der Waals surface area contributed by atoms with Gasteiger partial charge >= 0.3 is 0 Å². The molecule has 0 spiro atoms. The van der Waals surface area contributed by atoms with Crippen LogP contribution >= 0.6 is 34.7 Å². The Bertz CT molecular complexity index is 1290. The monoisotopic (exact) mass is 482 g/mol. The largest absolute Gasteiger partial charge is 0.325 e. The molecular formula is C23H19ClN4O2S2. The van der Waals surface area contributed by atoms with E-state index in [1.807, 2.05) is 55.5 Å². The van der Waals surface area contributed by atoms with E-state index >= 15 is 0 Å². The Hall–Kier alpha value is -2.94. The fourth-order valence-corrected chi connectivity index (χ4v) is 4.85. The lowest BCUT2D eigenvalue weighted by Gasteiger charge is -2.06. The number of halogens is 1. The summed E-state index contributed by atoms with van der Waals surface area (Å²) in [7, 11) is 0. The summed E-state index contributed by atoms with van der Waals surface area (Å²) < 4.78 is 0.600. The lowest BCUT2D eigenvalue weighted by Crippen LogP contribution is -2.14. The smallest absolute Gasteiger partial charge is 0.234 e. The Kier molecular flexibility index (Phi) is 7.04. The Morgan fingerprint density at radius 1 is 1.00 bits per heavy atom. The number of hydrogen-bond donors (Lipinski definition) is 2. The number of fused-ring (bicyclic) bond motifs is 1. The molecule has 3 aromatic carbocycles. The quantitative estimate of drug-likeness (QED) is 0.266. The number of hydrogen-bond acceptors (Lipinski definition) is 6. The van der Waals surface area contributed by atoms with Crippen LogP contribution < -0.4 is 10.6 Å². The third-order valence-corrected chi connectivity index (χ3v) is 7.05. The number of amides is 2. The zero-order valence-corrected chi connectivity index (χ0v) is 19.5. The highest BCUT2D eigenvalue weighted by atomic mass is 35.5. The highest BCUT2D eigenvalue weighted by Gasteiger charge is 2.12. The molecule has 9 heteroatoms. The number of anilines is 2. The predicted octanol–water partition coefficient (Wildman–Crippen LogP) is 5.57. The van der Waals surface area contributed by atoms with Gasteiger partial charge in [-0.25, -0.2) is 0 Å². The van der Waals surface area contributed by atoms with Gasteiger partial charge in [-0.2, -0.15) is 0 Å². The average Bonchev–Trinajstić information content (AvgIpc) is 3.22. The van der Waals surface area contributed by atoms with E-state index in [9.17, 15) is 9.59 Å². The molecule has 2 N–H and O–H groups in total. The van der Waals surface area contributed by atoms with Crippen LogP contribution in [0.25, 0.3) is 10.8 Å². The number of benzene rings is 3. The van der Waals surface area contributed by atoms with Crippen molar-refractivity contribution in [3.63, 3.8) is 0 Å². The van der Waals surface area contributed by atoms with Crippen molar-refractivity contribution in [1.82, 2.24) is 10.2 Å². The van der Waals surface area contributed by atoms with Gasteiger partial charge in [-0.3, -0.25) is 9.59 Å². The van der Waals surface area contributed by atoms with Gasteiger partial charge in [0.05, 0.1) is 12.2 Å². The minimum absolute atomic E-state index is 0.164. The summed E-state index contributed by atoms with van der Waals surface area (Å²) in [6.45, 7) is 1.90. The van der Waals surface area contributed by atoms with E-state index in [0.29, 0.717) is 20.2 Å². The molecule has 0 aliphatic carbocycles. The van der Waals surface area contributed by atoms with Gasteiger partial charge in [-0.05, 0) is 41.0 Å². The van der Waals surface area contributed by atoms with E-state index in [1.54, 1.807) is 12.1 Å². The summed E-state index contributed by atoms with van der Waals surface area (Å²) in [6.07, 6.45) is 0.241. The molecule has 0 fully saturated rings. The molecule has 6 nitrogen and oxygen atoms in total. The summed E-state index contributed by atoms with van der Waals surface area (Å²) in [5.41, 5.74) is 2.54. The van der Waals surface area contributed by atoms with Gasteiger partial charge in [-0.15, -0.1) is 10.2 Å². The van der Waals surface area contributed by atoms with Crippen molar-refractivity contribution < 1.29 is 9.59 Å². The van der Waals surface area contributed by atoms with Crippen LogP contribution in [0, 0.1) is 6.92 Å². The first-order valence-electron chi connectivity index (χ1n) is 9.77. The first-order valence-corrected chi connectivity index (χ1v) is 11.9. The number of aryl methyl sites for hydroxylation is 1. The van der Waals surface area contributed by atoms with Crippen LogP contribution in [-0.4, -0.2) is 27.8 Å². The fourth-order valence-electron chi connectivity index (χ4n) is 3.10. The molecular weight excluding hydrogens is 464 g/mol. The van der Waals surface area contributed by atoms with E-state index in [-0.39, 0.29) is 24.0 Å². The van der Waals surface area contributed by atoms with E-state index in [0.717, 1.165) is 21.9 Å². The Labute approximate surface area is 198 Å². The van der Waals surface area contributed by atoms with Crippen molar-refractivity contribution in [2.24, 2.45) is 0 Å². The van der Waals surface area contributed by atoms with Crippen LogP contribution in [-0.2, 0) is 16.0 Å². The second kappa shape index (κ2) is 10.1. The molecule has 162 valence electrons. The van der Waals surface area contributed by atoms with Crippen LogP contribution in [0.15, 0.2) is 65.0 Å². The molecule has 0 aliphatic heterocycles. The second-order valence-corrected chi connectivity index (χ2v) is 9.64. The third-order valence-electron chi connectivity index (χ3n) is 4.67. The maximum absolute atomic E-state index is 12.5. The number of rotatable bonds is 7. The third kappa shape index (κ3) is 5.64. The van der Waals surface area contributed by atoms with Gasteiger partial charge in [0.25, 0.3) is 0 Å². The number of carbonyl (C=O) groups is 2. The minimum Gasteiger partial charge on any atom is -0.325 e. The summed E-state index contributed by atoms with van der Waals surface area (Å²) in [5, 5.41) is 16.8. The SMILES string of the molecule is Cc1ccc(NC(=O)CSc2nnc(NC(=O)Cc3cccc4ccccc34)s2)cc1Cl. The van der Waals surface area contributed by atoms with Crippen LogP contribution in [0.5, 0.6) is 0 Å². The highest BCUT2D eigenvalue weighted by Crippen LogP contribution is 2.26. The van der Waals surface area contributed by atoms with Crippen molar-refractivity contribution in [2.45, 2.75) is 17.7 Å². The number of thioether (sulfide) groups is 1. The van der Waals surface area contributed by atoms with Crippen molar-refractivity contribution in [2.75, 3.05) is 16.4 Å². The number of aromatic nitrogens is 2. The minimum atomic E-state index is -0.174. The molecule has 4 rings (SSSR count). The zero-order valence-electron chi connectivity index (χ0n) is 17.1. The highest BCUT2D eigenvalue weighted by molar-refractivity contribution is 8.01. The number of nitrogens with zero attached hydrogens (tertiary/aromatic N) is 2. The summed E-state index contributed by atoms with van der Waals surface area (Å²) in [5.74, 6) is -0.168. The fraction of sp³-hybridized carbons (Fsp3) is 0.130. The molecule has 0 unspecified atom stereocenters. The maximum Gasteiger partial charge on any atom is 0.234 e. The summed E-state index contributed by atoms with van der Waals surface area (Å²) in [4.78, 5) is 24.7. The summed E-state index contributed by atoms with van der Waals surface area (Å²) in [6, 6.07) is 19.2. The molecule has 2 amide bonds. The lowest BCUT2D eigenvalue weighted by molar-refractivity contribution is -0.115. The van der Waals surface area contributed by atoms with Crippen LogP contribution in [0.2, 0.25) is 5.02 Å². The van der Waals surface area contributed by atoms with E-state index in [1.165, 1.54) is 23.1 Å². The maximum atomic E-state index is 12.5. The molecule has 0 aliphatic rings. The van der Waals surface area contributed by atoms with Gasteiger partial charge < -0.3 is 10.6 Å². The first kappa shape index (κ1) is 22.3. The normalized spacial score (nSPS) is 10.8. The number of carbonyl (C=O) groups excluding carboxylic acids is 2. The van der Waals surface area contributed by atoms with Crippen molar-refractivity contribution in [3.8, 4) is 0 Å². The molecule has 32 heavy (non-hydrogen) atoms. The first-order chi connectivity index (χ1) is 15.5. The van der Waals surface area contributed by atoms with Crippen molar-refractivity contribution in [3.05, 3.63) is 76.8 Å². The molecule has 0 atom stereocenters. The van der Waals surface area contributed by atoms with Gasteiger partial charge in [-0.1, -0.05) is 83.2 Å². The zero-order chi connectivity index (χ0) is 22.5. The topological polar surface area (TPSA) is 84.0 Å². The average molecular weight is 483 g/mol. The number of nitrogens with one attached hydrogen (secondary N) is 2. The van der Waals surface area contributed by atoms with Crippen molar-refractivity contribution in [1.29, 1.82) is 0 Å². The Morgan fingerprint density at radius 2 is 1.81 bits per heavy atom. The molecule has 0 saturated carbocycles. The molecule has 0 radical (unpaired) electrons. The van der Waals surface area contributed by atoms with Gasteiger partial charge in [0.2, 0.25) is 16.9 Å². The van der Waals surface area contributed by atoms with E-state index in [4.69, 9.17) is 11.6 Å². The molecule has 0 saturated heterocycles. The van der Waals surface area contributed by atoms with E-state index < -0.39 is 0 Å². The van der Waals surface area contributed by atoms with Crippen LogP contribution in [0.3, 0.4) is 0 Å². The molecule has 1 heterocycles. The predicted molar refractivity (Wildman–Crippen MR) is 132 cm³/mol. The molecule has 1 aromatic heterocycles. The summed E-state index contributed by atoms with van der Waals surface area (Å²) >= 11 is 8.58. The Balaban J connectivity index is 1.30. The van der Waals surface area contributed by atoms with Gasteiger partial charge in [0.15, 0.2) is 4.34 Å². The Morgan fingerprint density at radius 3 is 2.66 bits per heavy atom. The van der Waals surface area contributed by atoms with Crippen molar-refractivity contribution >= 4 is 68.1 Å². The van der Waals surface area contributed by atoms with Gasteiger partial charge in [0.1, 0.15) is 0 Å². The van der Waals surface area contributed by atoms with Gasteiger partial charge in [0, 0.05) is 10.7 Å². The standard InChI is InChI=1S/C23H19ClN4O2S2/c1-14-9-10-17(12-19(14)24)25-21(30)13-31-23-28-27-22(32-23)26-20(29)11-16-7-4-6-15-5-2-3-8-18(15)16/h2-10,12H,11,13H2,1H3,(H,25,30)(H,26,27,29). The molecule has 4 aromatic rings.